The van der Waals surface area contributed by atoms with Gasteiger partial charge in [-0.05, 0) is 60.5 Å². The summed E-state index contributed by atoms with van der Waals surface area (Å²) in [5.74, 6) is -0.216. The van der Waals surface area contributed by atoms with E-state index in [-0.39, 0.29) is 27.6 Å². The lowest BCUT2D eigenvalue weighted by Gasteiger charge is -2.37. The smallest absolute Gasteiger partial charge is 0.344 e. The number of hydrogen-bond acceptors (Lipinski definition) is 7. The van der Waals surface area contributed by atoms with Crippen LogP contribution in [0.5, 0.6) is 5.75 Å². The van der Waals surface area contributed by atoms with Crippen LogP contribution in [0, 0.1) is 6.92 Å². The van der Waals surface area contributed by atoms with Gasteiger partial charge in [0.1, 0.15) is 16.7 Å². The van der Waals surface area contributed by atoms with E-state index in [2.05, 4.69) is 9.88 Å². The first-order valence-electron chi connectivity index (χ1n) is 14.0. The fourth-order valence-corrected chi connectivity index (χ4v) is 7.39. The topological polar surface area (TPSA) is 107 Å². The summed E-state index contributed by atoms with van der Waals surface area (Å²) in [5, 5.41) is 0.291. The van der Waals surface area contributed by atoms with Crippen molar-refractivity contribution in [2.75, 3.05) is 38.2 Å². The molecular formula is C32H30ClN5O5S. The van der Waals surface area contributed by atoms with Crippen molar-refractivity contribution in [2.45, 2.75) is 17.9 Å². The second kappa shape index (κ2) is 11.8. The fourth-order valence-electron chi connectivity index (χ4n) is 5.68. The highest BCUT2D eigenvalue weighted by Gasteiger charge is 2.36. The second-order valence-corrected chi connectivity index (χ2v) is 12.7. The van der Waals surface area contributed by atoms with Crippen LogP contribution in [0.25, 0.3) is 11.0 Å². The molecule has 0 spiro atoms. The zero-order chi connectivity index (χ0) is 31.0. The number of anilines is 1. The predicted octanol–water partition coefficient (Wildman–Crippen LogP) is 4.34. The minimum atomic E-state index is -4.47. The maximum absolute atomic E-state index is 14.4. The number of benzene rings is 3. The third-order valence-electron chi connectivity index (χ3n) is 7.86. The van der Waals surface area contributed by atoms with E-state index in [0.29, 0.717) is 36.8 Å². The molecule has 0 bridgehead atoms. The van der Waals surface area contributed by atoms with Crippen molar-refractivity contribution in [3.63, 3.8) is 0 Å². The lowest BCUT2D eigenvalue weighted by Crippen LogP contribution is -2.51. The van der Waals surface area contributed by atoms with Crippen LogP contribution in [0.15, 0.2) is 101 Å². The minimum Gasteiger partial charge on any atom is -0.495 e. The van der Waals surface area contributed by atoms with Crippen LogP contribution >= 0.6 is 11.6 Å². The predicted molar refractivity (Wildman–Crippen MR) is 169 cm³/mol. The SMILES string of the molecule is COc1cc(C)ccc1S(=O)(=O)n1c(=O)n(C(C(=O)N2CCN(c3ccncc3)CC2)c2ccccc2)c2cc(Cl)ccc21. The molecule has 0 saturated carbocycles. The highest BCUT2D eigenvalue weighted by molar-refractivity contribution is 7.90. The number of ether oxygens (including phenoxy) is 1. The van der Waals surface area contributed by atoms with Gasteiger partial charge in [-0.15, -0.1) is 0 Å². The summed E-state index contributed by atoms with van der Waals surface area (Å²) in [5.41, 5.74) is 1.77. The average Bonchev–Trinajstić information content (AvgIpc) is 3.33. The molecule has 1 aliphatic rings. The number of fused-ring (bicyclic) bond motifs is 1. The fraction of sp³-hybridized carbons (Fsp3) is 0.219. The number of carbonyl (C=O) groups excluding carboxylic acids is 1. The van der Waals surface area contributed by atoms with Gasteiger partial charge in [0, 0.05) is 49.3 Å². The molecule has 1 amide bonds. The Morgan fingerprint density at radius 3 is 2.30 bits per heavy atom. The van der Waals surface area contributed by atoms with Gasteiger partial charge in [-0.25, -0.2) is 13.2 Å². The van der Waals surface area contributed by atoms with E-state index >= 15 is 0 Å². The van der Waals surface area contributed by atoms with Crippen molar-refractivity contribution in [3.05, 3.63) is 118 Å². The molecule has 0 N–H and O–H groups in total. The van der Waals surface area contributed by atoms with Crippen LogP contribution < -0.4 is 15.3 Å². The molecule has 1 atom stereocenters. The van der Waals surface area contributed by atoms with Crippen molar-refractivity contribution >= 4 is 44.3 Å². The largest absolute Gasteiger partial charge is 0.495 e. The third-order valence-corrected chi connectivity index (χ3v) is 9.82. The van der Waals surface area contributed by atoms with Crippen LogP contribution in [0.3, 0.4) is 0 Å². The summed E-state index contributed by atoms with van der Waals surface area (Å²) in [4.78, 5) is 36.6. The molecule has 1 saturated heterocycles. The molecular weight excluding hydrogens is 602 g/mol. The average molecular weight is 632 g/mol. The quantitative estimate of drug-likeness (QED) is 0.263. The van der Waals surface area contributed by atoms with Crippen molar-refractivity contribution in [1.29, 1.82) is 0 Å². The summed E-state index contributed by atoms with van der Waals surface area (Å²) in [6, 6.07) is 20.7. The molecule has 0 radical (unpaired) electrons. The first kappa shape index (κ1) is 29.5. The van der Waals surface area contributed by atoms with Gasteiger partial charge in [0.2, 0.25) is 0 Å². The Hall–Kier alpha value is -4.61. The van der Waals surface area contributed by atoms with Crippen LogP contribution in [0.1, 0.15) is 17.2 Å². The van der Waals surface area contributed by atoms with E-state index in [4.69, 9.17) is 16.3 Å². The lowest BCUT2D eigenvalue weighted by atomic mass is 10.0. The standard InChI is InChI=1S/C32H30ClN5O5S/c1-22-8-11-29(28(20-22)43-2)44(41,42)38-26-10-9-24(33)21-27(26)37(32(38)40)30(23-6-4-3-5-7-23)31(39)36-18-16-35(17-19-36)25-12-14-34-15-13-25/h3-15,20-21,30H,16-19H2,1-2H3. The summed E-state index contributed by atoms with van der Waals surface area (Å²) in [6.45, 7) is 3.81. The van der Waals surface area contributed by atoms with E-state index < -0.39 is 21.8 Å². The number of halogens is 1. The van der Waals surface area contributed by atoms with E-state index in [1.54, 1.807) is 53.7 Å². The highest BCUT2D eigenvalue weighted by atomic mass is 35.5. The molecule has 3 heterocycles. The van der Waals surface area contributed by atoms with Crippen LogP contribution in [0.2, 0.25) is 5.02 Å². The molecule has 1 unspecified atom stereocenters. The monoisotopic (exact) mass is 631 g/mol. The maximum atomic E-state index is 14.4. The Kier molecular flexibility index (Phi) is 7.91. The van der Waals surface area contributed by atoms with Gasteiger partial charge >= 0.3 is 5.69 Å². The maximum Gasteiger partial charge on any atom is 0.344 e. The zero-order valence-corrected chi connectivity index (χ0v) is 25.7. The number of imidazole rings is 1. The molecule has 226 valence electrons. The molecule has 12 heteroatoms. The highest BCUT2D eigenvalue weighted by Crippen LogP contribution is 2.32. The summed E-state index contributed by atoms with van der Waals surface area (Å²) < 4.78 is 35.8. The Balaban J connectivity index is 1.49. The first-order chi connectivity index (χ1) is 21.2. The number of pyridine rings is 1. The normalized spacial score (nSPS) is 14.5. The Morgan fingerprint density at radius 2 is 1.61 bits per heavy atom. The van der Waals surface area contributed by atoms with Crippen LogP contribution in [0.4, 0.5) is 5.69 Å². The Morgan fingerprint density at radius 1 is 0.909 bits per heavy atom. The number of methoxy groups -OCH3 is 1. The van der Waals surface area contributed by atoms with E-state index in [0.717, 1.165) is 15.2 Å². The van der Waals surface area contributed by atoms with Crippen LogP contribution in [-0.2, 0) is 14.8 Å². The molecule has 3 aromatic carbocycles. The molecule has 5 aromatic rings. The van der Waals surface area contributed by atoms with Crippen molar-refractivity contribution in [2.24, 2.45) is 0 Å². The molecule has 6 rings (SSSR count). The van der Waals surface area contributed by atoms with Crippen molar-refractivity contribution in [3.8, 4) is 5.75 Å². The lowest BCUT2D eigenvalue weighted by molar-refractivity contribution is -0.133. The number of nitrogens with zero attached hydrogens (tertiary/aromatic N) is 5. The van der Waals surface area contributed by atoms with Gasteiger partial charge in [-0.3, -0.25) is 14.3 Å². The number of aromatic nitrogens is 3. The molecule has 1 aliphatic heterocycles. The van der Waals surface area contributed by atoms with Gasteiger partial charge in [0.25, 0.3) is 15.9 Å². The van der Waals surface area contributed by atoms with E-state index in [1.807, 2.05) is 25.1 Å². The van der Waals surface area contributed by atoms with Gasteiger partial charge < -0.3 is 14.5 Å². The molecule has 0 aliphatic carbocycles. The summed E-state index contributed by atoms with van der Waals surface area (Å²) >= 11 is 6.40. The van der Waals surface area contributed by atoms with Gasteiger partial charge in [-0.1, -0.05) is 48.0 Å². The number of amides is 1. The molecule has 44 heavy (non-hydrogen) atoms. The number of piperazine rings is 1. The van der Waals surface area contributed by atoms with Gasteiger partial charge in [0.15, 0.2) is 0 Å². The Labute approximate surface area is 259 Å². The van der Waals surface area contributed by atoms with Gasteiger partial charge in [0.05, 0.1) is 18.1 Å². The number of hydrogen-bond donors (Lipinski definition) is 0. The minimum absolute atomic E-state index is 0.0956. The van der Waals surface area contributed by atoms with Gasteiger partial charge in [-0.2, -0.15) is 3.97 Å². The zero-order valence-electron chi connectivity index (χ0n) is 24.1. The summed E-state index contributed by atoms with van der Waals surface area (Å²) in [7, 11) is -3.10. The van der Waals surface area contributed by atoms with Crippen molar-refractivity contribution in [1.82, 2.24) is 18.4 Å². The number of rotatable bonds is 7. The first-order valence-corrected chi connectivity index (χ1v) is 15.8. The van der Waals surface area contributed by atoms with E-state index in [1.165, 1.54) is 35.9 Å². The summed E-state index contributed by atoms with van der Waals surface area (Å²) in [6.07, 6.45) is 3.46. The van der Waals surface area contributed by atoms with E-state index in [9.17, 15) is 18.0 Å². The molecule has 1 fully saturated rings. The van der Waals surface area contributed by atoms with Crippen LogP contribution in [-0.4, -0.2) is 66.0 Å². The molecule has 10 nitrogen and oxygen atoms in total. The number of aryl methyl sites for hydroxylation is 1. The number of carbonyl (C=O) groups is 1. The Bertz CT molecular complexity index is 2000. The molecule has 2 aromatic heterocycles. The third kappa shape index (κ3) is 5.22. The van der Waals surface area contributed by atoms with Crippen molar-refractivity contribution < 1.29 is 17.9 Å². The second-order valence-electron chi connectivity index (χ2n) is 10.5.